The van der Waals surface area contributed by atoms with E-state index in [2.05, 4.69) is 11.4 Å². The summed E-state index contributed by atoms with van der Waals surface area (Å²) in [5, 5.41) is 23.1. The number of hydrogen-bond acceptors (Lipinski definition) is 5. The largest absolute Gasteiger partial charge is 0.487 e. The van der Waals surface area contributed by atoms with Crippen LogP contribution in [0.2, 0.25) is 0 Å². The normalized spacial score (nSPS) is 16.9. The molecular formula is C14H16FN3O3. The number of nitrogens with one attached hydrogen (secondary N) is 1. The first kappa shape index (κ1) is 15.2. The van der Waals surface area contributed by atoms with Crippen molar-refractivity contribution in [3.8, 4) is 11.8 Å². The van der Waals surface area contributed by atoms with Gasteiger partial charge in [0.05, 0.1) is 17.1 Å². The SMILES string of the molecule is Cc1cc(OCC(C)(C#N)NC2CC2)c(F)cc1[N+](=O)[O-]. The summed E-state index contributed by atoms with van der Waals surface area (Å²) in [6.07, 6.45) is 2.03. The Morgan fingerprint density at radius 1 is 1.62 bits per heavy atom. The maximum Gasteiger partial charge on any atom is 0.275 e. The van der Waals surface area contributed by atoms with Gasteiger partial charge in [-0.1, -0.05) is 0 Å². The molecule has 0 aliphatic heterocycles. The van der Waals surface area contributed by atoms with Crippen molar-refractivity contribution in [1.29, 1.82) is 5.26 Å². The molecule has 1 N–H and O–H groups in total. The first-order valence-corrected chi connectivity index (χ1v) is 6.61. The summed E-state index contributed by atoms with van der Waals surface area (Å²) in [5.74, 6) is -0.892. The second-order valence-corrected chi connectivity index (χ2v) is 5.48. The molecule has 1 unspecified atom stereocenters. The number of rotatable bonds is 6. The molecule has 0 saturated heterocycles. The van der Waals surface area contributed by atoms with Crippen LogP contribution in [-0.4, -0.2) is 23.1 Å². The fraction of sp³-hybridized carbons (Fsp3) is 0.500. The van der Waals surface area contributed by atoms with E-state index in [1.165, 1.54) is 13.0 Å². The molecule has 6 nitrogen and oxygen atoms in total. The Labute approximate surface area is 121 Å². The summed E-state index contributed by atoms with van der Waals surface area (Å²) in [6, 6.07) is 4.54. The van der Waals surface area contributed by atoms with Gasteiger partial charge in [0.15, 0.2) is 11.6 Å². The maximum absolute atomic E-state index is 13.8. The van der Waals surface area contributed by atoms with E-state index in [1.54, 1.807) is 6.92 Å². The molecule has 21 heavy (non-hydrogen) atoms. The third-order valence-corrected chi connectivity index (χ3v) is 3.31. The molecule has 1 atom stereocenters. The van der Waals surface area contributed by atoms with Gasteiger partial charge in [0.1, 0.15) is 12.1 Å². The molecule has 1 aromatic carbocycles. The van der Waals surface area contributed by atoms with E-state index in [4.69, 9.17) is 4.74 Å². The number of nitro benzene ring substituents is 1. The minimum atomic E-state index is -0.913. The topological polar surface area (TPSA) is 88.2 Å². The van der Waals surface area contributed by atoms with Gasteiger partial charge < -0.3 is 4.74 Å². The van der Waals surface area contributed by atoms with Gasteiger partial charge in [-0.25, -0.2) is 4.39 Å². The Bertz CT molecular complexity index is 610. The molecule has 7 heteroatoms. The van der Waals surface area contributed by atoms with Gasteiger partial charge in [-0.15, -0.1) is 0 Å². The zero-order valence-electron chi connectivity index (χ0n) is 11.9. The van der Waals surface area contributed by atoms with E-state index in [0.717, 1.165) is 18.9 Å². The molecule has 0 amide bonds. The smallest absolute Gasteiger partial charge is 0.275 e. The first-order valence-electron chi connectivity index (χ1n) is 6.61. The lowest BCUT2D eigenvalue weighted by atomic mass is 10.1. The molecule has 1 saturated carbocycles. The minimum absolute atomic E-state index is 0.0336. The van der Waals surface area contributed by atoms with E-state index in [0.29, 0.717) is 11.6 Å². The Hall–Kier alpha value is -2.20. The number of aryl methyl sites for hydroxylation is 1. The monoisotopic (exact) mass is 293 g/mol. The number of halogens is 1. The summed E-state index contributed by atoms with van der Waals surface area (Å²) in [4.78, 5) is 10.1. The zero-order valence-corrected chi connectivity index (χ0v) is 11.9. The third kappa shape index (κ3) is 3.67. The van der Waals surface area contributed by atoms with Gasteiger partial charge in [0.25, 0.3) is 5.69 Å². The summed E-state index contributed by atoms with van der Waals surface area (Å²) in [7, 11) is 0. The number of ether oxygens (including phenoxy) is 1. The molecule has 0 heterocycles. The summed E-state index contributed by atoms with van der Waals surface area (Å²) in [5.41, 5.74) is -0.896. The molecule has 0 bridgehead atoms. The van der Waals surface area contributed by atoms with Crippen LogP contribution >= 0.6 is 0 Å². The van der Waals surface area contributed by atoms with Crippen LogP contribution < -0.4 is 10.1 Å². The number of nitrogens with zero attached hydrogens (tertiary/aromatic N) is 2. The standard InChI is InChI=1S/C14H16FN3O3/c1-9-5-13(11(15)6-12(9)18(19)20)21-8-14(2,7-16)17-10-3-4-10/h5-6,10,17H,3-4,8H2,1-2H3. The predicted molar refractivity (Wildman–Crippen MR) is 73.5 cm³/mol. The second-order valence-electron chi connectivity index (χ2n) is 5.48. The van der Waals surface area contributed by atoms with E-state index in [-0.39, 0.29) is 18.0 Å². The molecule has 2 rings (SSSR count). The van der Waals surface area contributed by atoms with Gasteiger partial charge in [0, 0.05) is 11.6 Å². The van der Waals surface area contributed by atoms with Crippen molar-refractivity contribution in [3.63, 3.8) is 0 Å². The molecule has 0 spiro atoms. The van der Waals surface area contributed by atoms with Gasteiger partial charge >= 0.3 is 0 Å². The van der Waals surface area contributed by atoms with Crippen molar-refractivity contribution in [3.05, 3.63) is 33.6 Å². The Morgan fingerprint density at radius 2 is 2.29 bits per heavy atom. The first-order chi connectivity index (χ1) is 9.84. The lowest BCUT2D eigenvalue weighted by Crippen LogP contribution is -2.47. The number of hydrogen-bond donors (Lipinski definition) is 1. The van der Waals surface area contributed by atoms with E-state index < -0.39 is 16.3 Å². The summed E-state index contributed by atoms with van der Waals surface area (Å²) < 4.78 is 19.2. The Morgan fingerprint density at radius 3 is 2.81 bits per heavy atom. The van der Waals surface area contributed by atoms with Gasteiger partial charge in [-0.2, -0.15) is 5.26 Å². The van der Waals surface area contributed by atoms with Crippen LogP contribution in [0, 0.1) is 34.2 Å². The number of nitriles is 1. The van der Waals surface area contributed by atoms with Crippen LogP contribution in [0.5, 0.6) is 5.75 Å². The molecule has 112 valence electrons. The van der Waals surface area contributed by atoms with Crippen LogP contribution in [0.25, 0.3) is 0 Å². The molecule has 1 fully saturated rings. The second kappa shape index (κ2) is 5.66. The van der Waals surface area contributed by atoms with Crippen LogP contribution in [0.3, 0.4) is 0 Å². The minimum Gasteiger partial charge on any atom is -0.487 e. The van der Waals surface area contributed by atoms with E-state index >= 15 is 0 Å². The zero-order chi connectivity index (χ0) is 15.6. The van der Waals surface area contributed by atoms with Gasteiger partial charge in [-0.05, 0) is 32.8 Å². The van der Waals surface area contributed by atoms with Crippen molar-refractivity contribution in [2.75, 3.05) is 6.61 Å². The molecule has 0 radical (unpaired) electrons. The van der Waals surface area contributed by atoms with Gasteiger partial charge in [0.2, 0.25) is 0 Å². The van der Waals surface area contributed by atoms with Crippen LogP contribution in [0.1, 0.15) is 25.3 Å². The third-order valence-electron chi connectivity index (χ3n) is 3.31. The van der Waals surface area contributed by atoms with Crippen molar-refractivity contribution in [2.24, 2.45) is 0 Å². The highest BCUT2D eigenvalue weighted by Gasteiger charge is 2.33. The molecule has 1 aliphatic rings. The van der Waals surface area contributed by atoms with E-state index in [1.807, 2.05) is 0 Å². The highest BCUT2D eigenvalue weighted by molar-refractivity contribution is 5.45. The van der Waals surface area contributed by atoms with E-state index in [9.17, 15) is 19.8 Å². The van der Waals surface area contributed by atoms with Crippen molar-refractivity contribution in [1.82, 2.24) is 5.32 Å². The fourth-order valence-corrected chi connectivity index (χ4v) is 1.96. The quantitative estimate of drug-likeness (QED) is 0.643. The lowest BCUT2D eigenvalue weighted by molar-refractivity contribution is -0.385. The average Bonchev–Trinajstić information content (AvgIpc) is 3.22. The summed E-state index contributed by atoms with van der Waals surface area (Å²) >= 11 is 0. The highest BCUT2D eigenvalue weighted by Crippen LogP contribution is 2.28. The molecule has 0 aromatic heterocycles. The highest BCUT2D eigenvalue weighted by atomic mass is 19.1. The van der Waals surface area contributed by atoms with Gasteiger partial charge in [-0.3, -0.25) is 15.4 Å². The summed E-state index contributed by atoms with van der Waals surface area (Å²) in [6.45, 7) is 3.16. The molecule has 1 aromatic rings. The lowest BCUT2D eigenvalue weighted by Gasteiger charge is -2.23. The van der Waals surface area contributed by atoms with Crippen LogP contribution in [0.15, 0.2) is 12.1 Å². The average molecular weight is 293 g/mol. The number of nitro groups is 1. The van der Waals surface area contributed by atoms with Crippen molar-refractivity contribution in [2.45, 2.75) is 38.3 Å². The molecule has 1 aliphatic carbocycles. The Balaban J connectivity index is 2.10. The number of benzene rings is 1. The predicted octanol–water partition coefficient (Wildman–Crippen LogP) is 2.46. The van der Waals surface area contributed by atoms with Crippen LogP contribution in [0.4, 0.5) is 10.1 Å². The fourth-order valence-electron chi connectivity index (χ4n) is 1.96. The van der Waals surface area contributed by atoms with Crippen molar-refractivity contribution >= 4 is 5.69 Å². The Kier molecular flexibility index (Phi) is 4.09. The molecular weight excluding hydrogens is 277 g/mol. The van der Waals surface area contributed by atoms with Crippen molar-refractivity contribution < 1.29 is 14.1 Å². The maximum atomic E-state index is 13.8. The van der Waals surface area contributed by atoms with Crippen LogP contribution in [-0.2, 0) is 0 Å².